The second kappa shape index (κ2) is 11.1. The van der Waals surface area contributed by atoms with Crippen LogP contribution in [0.25, 0.3) is 0 Å². The molecule has 1 fully saturated rings. The fourth-order valence-electron chi connectivity index (χ4n) is 2.35. The van der Waals surface area contributed by atoms with Crippen LogP contribution in [0.5, 0.6) is 0 Å². The summed E-state index contributed by atoms with van der Waals surface area (Å²) in [4.78, 5) is 5.16. The molecule has 0 atom stereocenters. The highest BCUT2D eigenvalue weighted by molar-refractivity contribution is 7.98. The van der Waals surface area contributed by atoms with Crippen LogP contribution in [0, 0.1) is 0 Å². The molecule has 1 rings (SSSR count). The first-order valence-corrected chi connectivity index (χ1v) is 8.77. The molecule has 0 aromatic carbocycles. The minimum absolute atomic E-state index is 0.934. The van der Waals surface area contributed by atoms with Gasteiger partial charge in [-0.1, -0.05) is 6.92 Å². The zero-order chi connectivity index (χ0) is 13.1. The third-order valence-corrected chi connectivity index (χ3v) is 4.10. The molecule has 3 nitrogen and oxygen atoms in total. The van der Waals surface area contributed by atoms with Gasteiger partial charge in [-0.15, -0.1) is 0 Å². The average molecular weight is 274 g/mol. The predicted octanol–water partition coefficient (Wildman–Crippen LogP) is 2.17. The lowest BCUT2D eigenvalue weighted by Gasteiger charge is -2.34. The van der Waals surface area contributed by atoms with Crippen LogP contribution in [0.15, 0.2) is 0 Å². The van der Waals surface area contributed by atoms with Crippen molar-refractivity contribution in [3.05, 3.63) is 0 Å². The molecule has 1 heterocycles. The SMILES string of the molecule is CCCN1CCN(CCCOCCCSC)CC1. The summed E-state index contributed by atoms with van der Waals surface area (Å²) >= 11 is 1.90. The Balaban J connectivity index is 1.88. The molecular formula is C14H30N2OS. The van der Waals surface area contributed by atoms with E-state index >= 15 is 0 Å². The monoisotopic (exact) mass is 274 g/mol. The third kappa shape index (κ3) is 7.62. The van der Waals surface area contributed by atoms with Gasteiger partial charge in [-0.3, -0.25) is 0 Å². The van der Waals surface area contributed by atoms with Gasteiger partial charge in [0.25, 0.3) is 0 Å². The number of piperazine rings is 1. The lowest BCUT2D eigenvalue weighted by Crippen LogP contribution is -2.46. The van der Waals surface area contributed by atoms with Crippen molar-refractivity contribution in [2.45, 2.75) is 26.2 Å². The van der Waals surface area contributed by atoms with E-state index in [1.54, 1.807) is 0 Å². The molecule has 1 aliphatic heterocycles. The minimum atomic E-state index is 0.934. The van der Waals surface area contributed by atoms with Crippen molar-refractivity contribution >= 4 is 11.8 Å². The highest BCUT2D eigenvalue weighted by Crippen LogP contribution is 2.03. The number of nitrogens with zero attached hydrogens (tertiary/aromatic N) is 2. The van der Waals surface area contributed by atoms with Crippen molar-refractivity contribution in [1.82, 2.24) is 9.80 Å². The summed E-state index contributed by atoms with van der Waals surface area (Å²) in [6.45, 7) is 11.6. The molecule has 108 valence electrons. The Hall–Kier alpha value is 0.230. The fourth-order valence-corrected chi connectivity index (χ4v) is 2.76. The molecule has 0 aromatic heterocycles. The summed E-state index contributed by atoms with van der Waals surface area (Å²) in [6.07, 6.45) is 5.81. The highest BCUT2D eigenvalue weighted by atomic mass is 32.2. The fraction of sp³-hybridized carbons (Fsp3) is 1.00. The molecule has 4 heteroatoms. The Morgan fingerprint density at radius 2 is 1.56 bits per heavy atom. The van der Waals surface area contributed by atoms with Gasteiger partial charge in [0.05, 0.1) is 0 Å². The van der Waals surface area contributed by atoms with Gasteiger partial charge in [-0.05, 0) is 37.8 Å². The van der Waals surface area contributed by atoms with E-state index in [0.29, 0.717) is 0 Å². The standard InChI is InChI=1S/C14H30N2OS/c1-3-6-15-8-10-16(11-9-15)7-4-12-17-13-5-14-18-2/h3-14H2,1-2H3. The topological polar surface area (TPSA) is 15.7 Å². The molecule has 0 N–H and O–H groups in total. The highest BCUT2D eigenvalue weighted by Gasteiger charge is 2.14. The maximum Gasteiger partial charge on any atom is 0.0478 e. The van der Waals surface area contributed by atoms with E-state index in [4.69, 9.17) is 4.74 Å². The van der Waals surface area contributed by atoms with Gasteiger partial charge in [0.1, 0.15) is 0 Å². The van der Waals surface area contributed by atoms with Crippen LogP contribution in [0.1, 0.15) is 26.2 Å². The van der Waals surface area contributed by atoms with Crippen LogP contribution in [0.2, 0.25) is 0 Å². The Labute approximate surface area is 117 Å². The van der Waals surface area contributed by atoms with Crippen LogP contribution in [0.4, 0.5) is 0 Å². The van der Waals surface area contributed by atoms with Crippen LogP contribution in [-0.4, -0.2) is 74.3 Å². The maximum atomic E-state index is 5.64. The molecule has 0 amide bonds. The number of hydrogen-bond donors (Lipinski definition) is 0. The van der Waals surface area contributed by atoms with Gasteiger partial charge in [-0.25, -0.2) is 0 Å². The van der Waals surface area contributed by atoms with E-state index in [9.17, 15) is 0 Å². The first-order valence-electron chi connectivity index (χ1n) is 7.38. The lowest BCUT2D eigenvalue weighted by atomic mass is 10.3. The predicted molar refractivity (Wildman–Crippen MR) is 81.6 cm³/mol. The van der Waals surface area contributed by atoms with Crippen LogP contribution in [0.3, 0.4) is 0 Å². The second-order valence-corrected chi connectivity index (χ2v) is 5.98. The third-order valence-electron chi connectivity index (χ3n) is 3.40. The number of thioether (sulfide) groups is 1. The summed E-state index contributed by atoms with van der Waals surface area (Å²) in [5.74, 6) is 1.22. The summed E-state index contributed by atoms with van der Waals surface area (Å²) in [5, 5.41) is 0. The van der Waals surface area contributed by atoms with E-state index in [-0.39, 0.29) is 0 Å². The molecule has 0 radical (unpaired) electrons. The van der Waals surface area contributed by atoms with Gasteiger partial charge >= 0.3 is 0 Å². The quantitative estimate of drug-likeness (QED) is 0.567. The van der Waals surface area contributed by atoms with Crippen LogP contribution in [-0.2, 0) is 4.74 Å². The first-order chi connectivity index (χ1) is 8.86. The molecule has 0 aliphatic carbocycles. The van der Waals surface area contributed by atoms with Gasteiger partial charge < -0.3 is 14.5 Å². The molecule has 0 spiro atoms. The average Bonchev–Trinajstić information content (AvgIpc) is 2.40. The Bertz CT molecular complexity index is 185. The largest absolute Gasteiger partial charge is 0.381 e. The molecule has 0 saturated carbocycles. The van der Waals surface area contributed by atoms with Crippen molar-refractivity contribution in [3.63, 3.8) is 0 Å². The van der Waals surface area contributed by atoms with Crippen molar-refractivity contribution in [3.8, 4) is 0 Å². The Kier molecular flexibility index (Phi) is 10.0. The number of rotatable bonds is 10. The summed E-state index contributed by atoms with van der Waals surface area (Å²) in [5.41, 5.74) is 0. The van der Waals surface area contributed by atoms with E-state index in [1.165, 1.54) is 64.3 Å². The minimum Gasteiger partial charge on any atom is -0.381 e. The zero-order valence-corrected chi connectivity index (χ0v) is 13.0. The van der Waals surface area contributed by atoms with Gasteiger partial charge in [0.15, 0.2) is 0 Å². The first kappa shape index (κ1) is 16.3. The Morgan fingerprint density at radius 1 is 0.944 bits per heavy atom. The lowest BCUT2D eigenvalue weighted by molar-refractivity contribution is 0.0997. The molecule has 0 unspecified atom stereocenters. The normalized spacial score (nSPS) is 18.3. The smallest absolute Gasteiger partial charge is 0.0478 e. The van der Waals surface area contributed by atoms with Crippen molar-refractivity contribution in [2.75, 3.05) is 64.5 Å². The molecule has 0 bridgehead atoms. The number of ether oxygens (including phenoxy) is 1. The summed E-state index contributed by atoms with van der Waals surface area (Å²) in [6, 6.07) is 0. The van der Waals surface area contributed by atoms with Crippen LogP contribution >= 0.6 is 11.8 Å². The van der Waals surface area contributed by atoms with E-state index in [1.807, 2.05) is 11.8 Å². The summed E-state index contributed by atoms with van der Waals surface area (Å²) in [7, 11) is 0. The zero-order valence-electron chi connectivity index (χ0n) is 12.2. The Morgan fingerprint density at radius 3 is 2.17 bits per heavy atom. The second-order valence-electron chi connectivity index (χ2n) is 5.00. The van der Waals surface area contributed by atoms with Gasteiger partial charge in [0.2, 0.25) is 0 Å². The van der Waals surface area contributed by atoms with Gasteiger partial charge in [-0.2, -0.15) is 11.8 Å². The molecule has 18 heavy (non-hydrogen) atoms. The van der Waals surface area contributed by atoms with Crippen LogP contribution < -0.4 is 0 Å². The molecule has 0 aromatic rings. The van der Waals surface area contributed by atoms with Crippen molar-refractivity contribution < 1.29 is 4.74 Å². The molecule has 1 aliphatic rings. The molecular weight excluding hydrogens is 244 g/mol. The summed E-state index contributed by atoms with van der Waals surface area (Å²) < 4.78 is 5.64. The number of hydrogen-bond acceptors (Lipinski definition) is 4. The van der Waals surface area contributed by atoms with Crippen molar-refractivity contribution in [1.29, 1.82) is 0 Å². The maximum absolute atomic E-state index is 5.64. The van der Waals surface area contributed by atoms with Gasteiger partial charge in [0, 0.05) is 45.9 Å². The van der Waals surface area contributed by atoms with Crippen molar-refractivity contribution in [2.24, 2.45) is 0 Å². The van der Waals surface area contributed by atoms with E-state index in [2.05, 4.69) is 23.0 Å². The van der Waals surface area contributed by atoms with E-state index in [0.717, 1.165) is 13.2 Å². The molecule has 1 saturated heterocycles. The van der Waals surface area contributed by atoms with E-state index < -0.39 is 0 Å².